The normalized spacial score (nSPS) is 15.7. The minimum absolute atomic E-state index is 0.205. The van der Waals surface area contributed by atoms with Crippen molar-refractivity contribution in [1.82, 2.24) is 0 Å². The van der Waals surface area contributed by atoms with Crippen LogP contribution in [0.4, 0.5) is 5.69 Å². The second-order valence-electron chi connectivity index (χ2n) is 5.22. The first kappa shape index (κ1) is 19.2. The zero-order valence-corrected chi connectivity index (χ0v) is 17.8. The summed E-state index contributed by atoms with van der Waals surface area (Å²) in [5.74, 6) is 1.11. The molecule has 0 radical (unpaired) electrons. The average Bonchev–Trinajstić information content (AvgIpc) is 2.91. The third-order valence-electron chi connectivity index (χ3n) is 3.68. The predicted molar refractivity (Wildman–Crippen MR) is 114 cm³/mol. The maximum Gasteiger partial charge on any atom is 0.270 e. The Hall–Kier alpha value is -1.54. The van der Waals surface area contributed by atoms with Crippen molar-refractivity contribution < 1.29 is 14.3 Å². The molecule has 0 saturated carbocycles. The molecular formula is C18H13BrClNO3S2. The highest BCUT2D eigenvalue weighted by molar-refractivity contribution is 9.10. The molecule has 1 fully saturated rings. The van der Waals surface area contributed by atoms with E-state index in [1.165, 1.54) is 16.7 Å². The van der Waals surface area contributed by atoms with Crippen LogP contribution in [0.5, 0.6) is 11.5 Å². The third kappa shape index (κ3) is 3.76. The Morgan fingerprint density at radius 2 is 1.96 bits per heavy atom. The number of amides is 1. The molecular weight excluding hydrogens is 458 g/mol. The summed E-state index contributed by atoms with van der Waals surface area (Å²) >= 11 is 16.1. The molecule has 1 aliphatic rings. The molecule has 134 valence electrons. The van der Waals surface area contributed by atoms with Crippen LogP contribution in [0, 0.1) is 0 Å². The summed E-state index contributed by atoms with van der Waals surface area (Å²) in [6.45, 7) is 0. The molecule has 0 bridgehead atoms. The number of methoxy groups -OCH3 is 2. The molecule has 8 heteroatoms. The molecule has 2 aromatic carbocycles. The number of hydrogen-bond acceptors (Lipinski definition) is 5. The Morgan fingerprint density at radius 1 is 1.19 bits per heavy atom. The smallest absolute Gasteiger partial charge is 0.270 e. The molecule has 1 aliphatic heterocycles. The molecule has 26 heavy (non-hydrogen) atoms. The van der Waals surface area contributed by atoms with Crippen molar-refractivity contribution in [2.24, 2.45) is 0 Å². The number of halogens is 2. The van der Waals surface area contributed by atoms with Crippen LogP contribution >= 0.6 is 51.5 Å². The summed E-state index contributed by atoms with van der Waals surface area (Å²) in [5, 5.41) is 0.509. The standard InChI is InChI=1S/C18H13BrClNO3S2/c1-23-12-4-6-15(24-2)10(7-12)8-16-17(22)21(18(25)26-16)11-3-5-13(19)14(20)9-11/h3-9H,1-2H3/b16-8+. The molecule has 2 aromatic rings. The van der Waals surface area contributed by atoms with Crippen molar-refractivity contribution >= 4 is 73.5 Å². The molecule has 0 spiro atoms. The second-order valence-corrected chi connectivity index (χ2v) is 8.16. The van der Waals surface area contributed by atoms with E-state index in [0.29, 0.717) is 31.4 Å². The van der Waals surface area contributed by atoms with E-state index in [9.17, 15) is 4.79 Å². The Labute approximate surface area is 174 Å². The fourth-order valence-electron chi connectivity index (χ4n) is 2.41. The zero-order chi connectivity index (χ0) is 18.8. The van der Waals surface area contributed by atoms with Gasteiger partial charge in [0.1, 0.15) is 11.5 Å². The van der Waals surface area contributed by atoms with Crippen molar-refractivity contribution in [3.8, 4) is 11.5 Å². The summed E-state index contributed by atoms with van der Waals surface area (Å²) in [5.41, 5.74) is 1.36. The van der Waals surface area contributed by atoms with Crippen LogP contribution in [0.25, 0.3) is 6.08 Å². The number of carbonyl (C=O) groups excluding carboxylic acids is 1. The quantitative estimate of drug-likeness (QED) is 0.434. The van der Waals surface area contributed by atoms with Crippen molar-refractivity contribution in [2.75, 3.05) is 19.1 Å². The molecule has 0 aliphatic carbocycles. The fraction of sp³-hybridized carbons (Fsp3) is 0.111. The molecule has 4 nitrogen and oxygen atoms in total. The monoisotopic (exact) mass is 469 g/mol. The van der Waals surface area contributed by atoms with Gasteiger partial charge < -0.3 is 9.47 Å². The SMILES string of the molecule is COc1ccc(OC)c(/C=C2/SC(=S)N(c3ccc(Br)c(Cl)c3)C2=O)c1. The van der Waals surface area contributed by atoms with Gasteiger partial charge in [-0.3, -0.25) is 9.69 Å². The summed E-state index contributed by atoms with van der Waals surface area (Å²) in [4.78, 5) is 14.9. The van der Waals surface area contributed by atoms with Gasteiger partial charge >= 0.3 is 0 Å². The second kappa shape index (κ2) is 8.00. The first-order valence-electron chi connectivity index (χ1n) is 7.39. The first-order chi connectivity index (χ1) is 12.4. The van der Waals surface area contributed by atoms with E-state index in [-0.39, 0.29) is 5.91 Å². The lowest BCUT2D eigenvalue weighted by Gasteiger charge is -2.15. The van der Waals surface area contributed by atoms with E-state index in [1.54, 1.807) is 50.6 Å². The number of ether oxygens (including phenoxy) is 2. The van der Waals surface area contributed by atoms with E-state index < -0.39 is 0 Å². The molecule has 0 unspecified atom stereocenters. The number of rotatable bonds is 4. The lowest BCUT2D eigenvalue weighted by atomic mass is 10.1. The molecule has 3 rings (SSSR count). The minimum Gasteiger partial charge on any atom is -0.497 e. The summed E-state index contributed by atoms with van der Waals surface area (Å²) < 4.78 is 11.8. The van der Waals surface area contributed by atoms with Crippen LogP contribution in [0.2, 0.25) is 5.02 Å². The lowest BCUT2D eigenvalue weighted by Crippen LogP contribution is -2.27. The van der Waals surface area contributed by atoms with Gasteiger partial charge in [-0.05, 0) is 58.4 Å². The largest absolute Gasteiger partial charge is 0.497 e. The number of thioether (sulfide) groups is 1. The summed E-state index contributed by atoms with van der Waals surface area (Å²) in [7, 11) is 3.16. The van der Waals surface area contributed by atoms with Gasteiger partial charge in [-0.1, -0.05) is 35.6 Å². The number of anilines is 1. The van der Waals surface area contributed by atoms with Gasteiger partial charge in [0.25, 0.3) is 5.91 Å². The fourth-order valence-corrected chi connectivity index (χ4v) is 4.12. The van der Waals surface area contributed by atoms with Crippen molar-refractivity contribution in [3.05, 3.63) is 56.4 Å². The predicted octanol–water partition coefficient (Wildman–Crippen LogP) is 5.53. The Bertz CT molecular complexity index is 933. The van der Waals surface area contributed by atoms with Gasteiger partial charge in [0, 0.05) is 10.0 Å². The highest BCUT2D eigenvalue weighted by atomic mass is 79.9. The number of nitrogens with zero attached hydrogens (tertiary/aromatic N) is 1. The lowest BCUT2D eigenvalue weighted by molar-refractivity contribution is -0.113. The molecule has 0 atom stereocenters. The van der Waals surface area contributed by atoms with E-state index in [1.807, 2.05) is 6.07 Å². The van der Waals surface area contributed by atoms with Crippen molar-refractivity contribution in [2.45, 2.75) is 0 Å². The van der Waals surface area contributed by atoms with E-state index in [0.717, 1.165) is 10.0 Å². The van der Waals surface area contributed by atoms with E-state index in [2.05, 4.69) is 15.9 Å². The third-order valence-corrected chi connectivity index (χ3v) is 6.21. The molecule has 1 heterocycles. The molecule has 1 saturated heterocycles. The van der Waals surface area contributed by atoms with Gasteiger partial charge in [-0.25, -0.2) is 0 Å². The minimum atomic E-state index is -0.205. The Kier molecular flexibility index (Phi) is 5.92. The summed E-state index contributed by atoms with van der Waals surface area (Å²) in [6, 6.07) is 10.7. The highest BCUT2D eigenvalue weighted by Gasteiger charge is 2.33. The van der Waals surface area contributed by atoms with Crippen LogP contribution in [-0.4, -0.2) is 24.4 Å². The Balaban J connectivity index is 1.98. The van der Waals surface area contributed by atoms with Crippen LogP contribution in [0.3, 0.4) is 0 Å². The topological polar surface area (TPSA) is 38.8 Å². The van der Waals surface area contributed by atoms with Crippen molar-refractivity contribution in [3.63, 3.8) is 0 Å². The Morgan fingerprint density at radius 3 is 2.62 bits per heavy atom. The van der Waals surface area contributed by atoms with Gasteiger partial charge in [0.05, 0.1) is 29.8 Å². The van der Waals surface area contributed by atoms with Crippen molar-refractivity contribution in [1.29, 1.82) is 0 Å². The van der Waals surface area contributed by atoms with Crippen LogP contribution in [-0.2, 0) is 4.79 Å². The van der Waals surface area contributed by atoms with Gasteiger partial charge in [0.2, 0.25) is 0 Å². The number of benzene rings is 2. The van der Waals surface area contributed by atoms with E-state index in [4.69, 9.17) is 33.3 Å². The maximum absolute atomic E-state index is 12.9. The molecule has 0 N–H and O–H groups in total. The number of carbonyl (C=O) groups is 1. The maximum atomic E-state index is 12.9. The molecule has 1 amide bonds. The van der Waals surface area contributed by atoms with Crippen LogP contribution in [0.1, 0.15) is 5.56 Å². The van der Waals surface area contributed by atoms with Gasteiger partial charge in [0.15, 0.2) is 4.32 Å². The molecule has 0 aromatic heterocycles. The van der Waals surface area contributed by atoms with Crippen LogP contribution < -0.4 is 14.4 Å². The first-order valence-corrected chi connectivity index (χ1v) is 9.79. The zero-order valence-electron chi connectivity index (χ0n) is 13.8. The highest BCUT2D eigenvalue weighted by Crippen LogP contribution is 2.39. The average molecular weight is 471 g/mol. The van der Waals surface area contributed by atoms with Gasteiger partial charge in [-0.2, -0.15) is 0 Å². The number of thiocarbonyl (C=S) groups is 1. The van der Waals surface area contributed by atoms with Gasteiger partial charge in [-0.15, -0.1) is 0 Å². The number of hydrogen-bond donors (Lipinski definition) is 0. The summed E-state index contributed by atoms with van der Waals surface area (Å²) in [6.07, 6.45) is 1.75. The van der Waals surface area contributed by atoms with E-state index >= 15 is 0 Å². The van der Waals surface area contributed by atoms with Crippen LogP contribution in [0.15, 0.2) is 45.8 Å².